The van der Waals surface area contributed by atoms with Gasteiger partial charge in [0, 0.05) is 12.1 Å². The zero-order chi connectivity index (χ0) is 22.3. The molecule has 1 aromatic carbocycles. The molecular formula is C26H37N4O2+. The number of benzene rings is 1. The summed E-state index contributed by atoms with van der Waals surface area (Å²) in [5.74, 6) is 2.14. The maximum atomic E-state index is 13.5. The van der Waals surface area contributed by atoms with E-state index in [1.807, 2.05) is 35.2 Å². The summed E-state index contributed by atoms with van der Waals surface area (Å²) < 4.78 is 5.55. The molecule has 1 N–H and O–H groups in total. The molecule has 0 bridgehead atoms. The number of hydrogen-bond acceptors (Lipinski definition) is 4. The maximum absolute atomic E-state index is 13.5. The van der Waals surface area contributed by atoms with Gasteiger partial charge in [-0.2, -0.15) is 0 Å². The van der Waals surface area contributed by atoms with Crippen LogP contribution >= 0.6 is 0 Å². The molecule has 4 rings (SSSR count). The van der Waals surface area contributed by atoms with E-state index in [0.29, 0.717) is 0 Å². The lowest BCUT2D eigenvalue weighted by molar-refractivity contribution is -0.901. The van der Waals surface area contributed by atoms with Crippen LogP contribution in [0.5, 0.6) is 5.75 Å². The van der Waals surface area contributed by atoms with Crippen LogP contribution in [-0.2, 0) is 4.79 Å². The molecule has 1 aliphatic heterocycles. The van der Waals surface area contributed by atoms with Gasteiger partial charge in [-0.1, -0.05) is 37.5 Å². The van der Waals surface area contributed by atoms with Crippen molar-refractivity contribution < 1.29 is 14.4 Å². The summed E-state index contributed by atoms with van der Waals surface area (Å²) in [5.41, 5.74) is 1.17. The topological polar surface area (TPSA) is 50.1 Å². The van der Waals surface area contributed by atoms with E-state index in [1.165, 1.54) is 12.1 Å². The van der Waals surface area contributed by atoms with Crippen molar-refractivity contribution in [2.45, 2.75) is 45.1 Å². The summed E-state index contributed by atoms with van der Waals surface area (Å²) >= 11 is 0. The molecule has 2 aromatic rings. The minimum absolute atomic E-state index is 0.118. The predicted octanol–water partition coefficient (Wildman–Crippen LogP) is 2.80. The van der Waals surface area contributed by atoms with Crippen molar-refractivity contribution in [1.29, 1.82) is 0 Å². The zero-order valence-corrected chi connectivity index (χ0v) is 19.5. The molecule has 0 spiro atoms. The van der Waals surface area contributed by atoms with E-state index in [2.05, 4.69) is 28.9 Å². The first-order chi connectivity index (χ1) is 15.7. The first-order valence-electron chi connectivity index (χ1n) is 12.1. The lowest BCUT2D eigenvalue weighted by atomic mass is 9.88. The molecule has 2 heterocycles. The standard InChI is InChI=1S/C26H36N4O2/c1-21(20-28-16-18-29(19-17-28)23-12-6-7-13-24(23)32-2)30(25-14-8-9-15-27-25)26(31)22-10-4-3-5-11-22/h6-9,12-15,21-22H,3-5,10-11,16-20H2,1-2H3/p+1/t21-/m0/s1. The van der Waals surface area contributed by atoms with Crippen molar-refractivity contribution in [3.05, 3.63) is 48.7 Å². The van der Waals surface area contributed by atoms with Gasteiger partial charge in [0.05, 0.1) is 51.6 Å². The number of aromatic nitrogens is 1. The van der Waals surface area contributed by atoms with Crippen molar-refractivity contribution in [2.24, 2.45) is 5.92 Å². The fraction of sp³-hybridized carbons (Fsp3) is 0.538. The third-order valence-electron chi connectivity index (χ3n) is 7.01. The number of para-hydroxylation sites is 2. The Morgan fingerprint density at radius 1 is 1.12 bits per heavy atom. The van der Waals surface area contributed by atoms with Gasteiger partial charge in [-0.05, 0) is 44.0 Å². The Balaban J connectivity index is 1.41. The molecular weight excluding hydrogens is 400 g/mol. The minimum atomic E-state index is 0.118. The van der Waals surface area contributed by atoms with Gasteiger partial charge < -0.3 is 14.5 Å². The Morgan fingerprint density at radius 2 is 1.84 bits per heavy atom. The molecule has 0 unspecified atom stereocenters. The van der Waals surface area contributed by atoms with Crippen molar-refractivity contribution in [2.75, 3.05) is 49.6 Å². The summed E-state index contributed by atoms with van der Waals surface area (Å²) in [7, 11) is 1.73. The van der Waals surface area contributed by atoms with Crippen LogP contribution in [0.2, 0.25) is 0 Å². The van der Waals surface area contributed by atoms with Crippen molar-refractivity contribution >= 4 is 17.4 Å². The van der Waals surface area contributed by atoms with Gasteiger partial charge in [0.2, 0.25) is 5.91 Å². The van der Waals surface area contributed by atoms with Gasteiger partial charge in [0.25, 0.3) is 0 Å². The van der Waals surface area contributed by atoms with E-state index in [1.54, 1.807) is 18.2 Å². The molecule has 2 fully saturated rings. The van der Waals surface area contributed by atoms with E-state index in [9.17, 15) is 4.79 Å². The second kappa shape index (κ2) is 10.8. The summed E-state index contributed by atoms with van der Waals surface area (Å²) in [5, 5.41) is 0. The number of methoxy groups -OCH3 is 1. The third kappa shape index (κ3) is 5.23. The van der Waals surface area contributed by atoms with Gasteiger partial charge in [0.1, 0.15) is 11.6 Å². The SMILES string of the molecule is COc1ccccc1N1CC[NH+](C[C@H](C)N(C(=O)C2CCCCC2)c2ccccn2)CC1. The van der Waals surface area contributed by atoms with Crippen LogP contribution in [0.1, 0.15) is 39.0 Å². The quantitative estimate of drug-likeness (QED) is 0.724. The van der Waals surface area contributed by atoms with Crippen LogP contribution in [-0.4, -0.2) is 56.8 Å². The van der Waals surface area contributed by atoms with Crippen molar-refractivity contribution in [3.8, 4) is 5.75 Å². The second-order valence-electron chi connectivity index (χ2n) is 9.19. The molecule has 2 aliphatic rings. The van der Waals surface area contributed by atoms with Gasteiger partial charge in [-0.3, -0.25) is 9.69 Å². The summed E-state index contributed by atoms with van der Waals surface area (Å²) in [6.07, 6.45) is 7.40. The highest BCUT2D eigenvalue weighted by molar-refractivity contribution is 5.94. The van der Waals surface area contributed by atoms with Crippen molar-refractivity contribution in [3.63, 3.8) is 0 Å². The van der Waals surface area contributed by atoms with E-state index in [-0.39, 0.29) is 17.9 Å². The number of amides is 1. The predicted molar refractivity (Wildman–Crippen MR) is 129 cm³/mol. The molecule has 1 saturated carbocycles. The van der Waals surface area contributed by atoms with E-state index < -0.39 is 0 Å². The van der Waals surface area contributed by atoms with Crippen molar-refractivity contribution in [1.82, 2.24) is 4.98 Å². The Hall–Kier alpha value is -2.60. The van der Waals surface area contributed by atoms with Crippen LogP contribution in [0.4, 0.5) is 11.5 Å². The lowest BCUT2D eigenvalue weighted by Crippen LogP contribution is -3.16. The third-order valence-corrected chi connectivity index (χ3v) is 7.01. The minimum Gasteiger partial charge on any atom is -0.495 e. The first-order valence-corrected chi connectivity index (χ1v) is 12.1. The van der Waals surface area contributed by atoms with E-state index >= 15 is 0 Å². The number of carbonyl (C=O) groups excluding carboxylic acids is 1. The van der Waals surface area contributed by atoms with E-state index in [0.717, 1.165) is 70.0 Å². The van der Waals surface area contributed by atoms with Crippen LogP contribution in [0.25, 0.3) is 0 Å². The number of nitrogens with one attached hydrogen (secondary N) is 1. The smallest absolute Gasteiger partial charge is 0.231 e. The first kappa shape index (κ1) is 22.6. The number of hydrogen-bond donors (Lipinski definition) is 1. The molecule has 1 aliphatic carbocycles. The average Bonchev–Trinajstić information content (AvgIpc) is 2.86. The highest BCUT2D eigenvalue weighted by Crippen LogP contribution is 2.29. The molecule has 1 saturated heterocycles. The summed E-state index contributed by atoms with van der Waals surface area (Å²) in [6, 6.07) is 14.2. The normalized spacial score (nSPS) is 18.9. The number of ether oxygens (including phenoxy) is 1. The number of anilines is 2. The highest BCUT2D eigenvalue weighted by atomic mass is 16.5. The molecule has 6 heteroatoms. The summed E-state index contributed by atoms with van der Waals surface area (Å²) in [6.45, 7) is 7.21. The molecule has 6 nitrogen and oxygen atoms in total. The van der Waals surface area contributed by atoms with Crippen LogP contribution in [0.3, 0.4) is 0 Å². The van der Waals surface area contributed by atoms with E-state index in [4.69, 9.17) is 4.74 Å². The van der Waals surface area contributed by atoms with Crippen LogP contribution < -0.4 is 19.4 Å². The Kier molecular flexibility index (Phi) is 7.63. The molecule has 1 atom stereocenters. The Labute approximate surface area is 192 Å². The Bertz CT molecular complexity index is 861. The molecule has 172 valence electrons. The molecule has 1 aromatic heterocycles. The fourth-order valence-corrected chi connectivity index (χ4v) is 5.27. The average molecular weight is 438 g/mol. The van der Waals surface area contributed by atoms with Gasteiger partial charge in [0.15, 0.2) is 0 Å². The number of rotatable bonds is 7. The van der Waals surface area contributed by atoms with Gasteiger partial charge in [-0.15, -0.1) is 0 Å². The van der Waals surface area contributed by atoms with Gasteiger partial charge in [-0.25, -0.2) is 4.98 Å². The Morgan fingerprint density at radius 3 is 2.53 bits per heavy atom. The number of nitrogens with zero attached hydrogens (tertiary/aromatic N) is 3. The highest BCUT2D eigenvalue weighted by Gasteiger charge is 2.33. The largest absolute Gasteiger partial charge is 0.495 e. The fourth-order valence-electron chi connectivity index (χ4n) is 5.27. The zero-order valence-electron chi connectivity index (χ0n) is 19.5. The number of quaternary nitrogens is 1. The maximum Gasteiger partial charge on any atom is 0.231 e. The second-order valence-corrected chi connectivity index (χ2v) is 9.19. The number of pyridine rings is 1. The monoisotopic (exact) mass is 437 g/mol. The number of carbonyl (C=O) groups is 1. The molecule has 0 radical (unpaired) electrons. The van der Waals surface area contributed by atoms with Gasteiger partial charge >= 0.3 is 0 Å². The lowest BCUT2D eigenvalue weighted by Gasteiger charge is -2.38. The van der Waals surface area contributed by atoms with Crippen LogP contribution in [0, 0.1) is 5.92 Å². The summed E-state index contributed by atoms with van der Waals surface area (Å²) in [4.78, 5) is 24.0. The molecule has 1 amide bonds. The number of piperazine rings is 1. The van der Waals surface area contributed by atoms with Crippen LogP contribution in [0.15, 0.2) is 48.7 Å². The molecule has 32 heavy (non-hydrogen) atoms.